The summed E-state index contributed by atoms with van der Waals surface area (Å²) in [6, 6.07) is 7.80. The lowest BCUT2D eigenvalue weighted by Gasteiger charge is -2.22. The predicted molar refractivity (Wildman–Crippen MR) is 71.3 cm³/mol. The Morgan fingerprint density at radius 2 is 2.21 bits per heavy atom. The van der Waals surface area contributed by atoms with E-state index in [4.69, 9.17) is 0 Å². The van der Waals surface area contributed by atoms with Crippen molar-refractivity contribution in [2.75, 3.05) is 4.90 Å². The third-order valence-corrected chi connectivity index (χ3v) is 3.37. The van der Waals surface area contributed by atoms with E-state index >= 15 is 0 Å². The molecule has 1 aromatic heterocycles. The number of amides is 1. The second kappa shape index (κ2) is 4.35. The van der Waals surface area contributed by atoms with E-state index in [-0.39, 0.29) is 17.5 Å². The van der Waals surface area contributed by atoms with E-state index in [0.29, 0.717) is 0 Å². The minimum atomic E-state index is -0.406. The van der Waals surface area contributed by atoms with E-state index in [1.165, 1.54) is 12.5 Å². The molecule has 0 bridgehead atoms. The van der Waals surface area contributed by atoms with Gasteiger partial charge in [-0.1, -0.05) is 18.2 Å². The molecule has 5 heteroatoms. The van der Waals surface area contributed by atoms with Gasteiger partial charge in [0.1, 0.15) is 5.56 Å². The Morgan fingerprint density at radius 1 is 1.42 bits per heavy atom. The number of aromatic amines is 1. The lowest BCUT2D eigenvalue weighted by atomic mass is 10.1. The summed E-state index contributed by atoms with van der Waals surface area (Å²) in [6.07, 6.45) is 3.40. The summed E-state index contributed by atoms with van der Waals surface area (Å²) in [5.41, 5.74) is 1.68. The summed E-state index contributed by atoms with van der Waals surface area (Å²) >= 11 is 0. The lowest BCUT2D eigenvalue weighted by molar-refractivity contribution is 0.0979. The third-order valence-electron chi connectivity index (χ3n) is 3.37. The molecule has 1 aromatic carbocycles. The van der Waals surface area contributed by atoms with Crippen LogP contribution in [0.4, 0.5) is 5.69 Å². The Bertz CT molecular complexity index is 693. The average Bonchev–Trinajstić information content (AvgIpc) is 2.74. The van der Waals surface area contributed by atoms with Gasteiger partial charge in [-0.05, 0) is 25.0 Å². The van der Waals surface area contributed by atoms with Gasteiger partial charge in [0, 0.05) is 17.9 Å². The molecule has 2 heterocycles. The van der Waals surface area contributed by atoms with Crippen molar-refractivity contribution in [2.45, 2.75) is 19.4 Å². The quantitative estimate of drug-likeness (QED) is 0.836. The number of fused-ring (bicyclic) bond motifs is 1. The second-order valence-electron chi connectivity index (χ2n) is 4.65. The fraction of sp³-hybridized carbons (Fsp3) is 0.214. The van der Waals surface area contributed by atoms with Gasteiger partial charge in [-0.25, -0.2) is 4.98 Å². The van der Waals surface area contributed by atoms with Crippen LogP contribution in [0.5, 0.6) is 0 Å². The van der Waals surface area contributed by atoms with Crippen molar-refractivity contribution < 1.29 is 4.79 Å². The maximum absolute atomic E-state index is 12.5. The number of nitrogens with zero attached hydrogens (tertiary/aromatic N) is 2. The number of para-hydroxylation sites is 1. The van der Waals surface area contributed by atoms with Crippen LogP contribution in [0.25, 0.3) is 0 Å². The molecule has 1 amide bonds. The summed E-state index contributed by atoms with van der Waals surface area (Å²) < 4.78 is 0. The molecule has 1 aliphatic heterocycles. The molecule has 3 rings (SSSR count). The van der Waals surface area contributed by atoms with Crippen LogP contribution < -0.4 is 10.5 Å². The maximum Gasteiger partial charge on any atom is 0.265 e. The zero-order valence-corrected chi connectivity index (χ0v) is 10.5. The summed E-state index contributed by atoms with van der Waals surface area (Å²) in [5.74, 6) is -0.299. The van der Waals surface area contributed by atoms with Gasteiger partial charge in [0.25, 0.3) is 11.5 Å². The molecular weight excluding hydrogens is 242 g/mol. The number of nitrogens with one attached hydrogen (secondary N) is 1. The number of benzene rings is 1. The first-order valence-corrected chi connectivity index (χ1v) is 6.12. The fourth-order valence-corrected chi connectivity index (χ4v) is 2.50. The maximum atomic E-state index is 12.5. The standard InChI is InChI=1S/C14H13N3O2/c1-9-6-10-4-2-3-5-12(10)17(9)14(19)11-7-15-8-16-13(11)18/h2-5,7-9H,6H2,1H3,(H,15,16,18). The number of hydrogen-bond donors (Lipinski definition) is 1. The highest BCUT2D eigenvalue weighted by Crippen LogP contribution is 2.32. The highest BCUT2D eigenvalue weighted by molar-refractivity contribution is 6.07. The third kappa shape index (κ3) is 1.83. The minimum absolute atomic E-state index is 0.0458. The number of H-pyrrole nitrogens is 1. The SMILES string of the molecule is CC1Cc2ccccc2N1C(=O)c1cnc[nH]c1=O. The Hall–Kier alpha value is -2.43. The van der Waals surface area contributed by atoms with E-state index in [2.05, 4.69) is 9.97 Å². The largest absolute Gasteiger partial charge is 0.312 e. The summed E-state index contributed by atoms with van der Waals surface area (Å²) in [5, 5.41) is 0. The van der Waals surface area contributed by atoms with Crippen LogP contribution >= 0.6 is 0 Å². The molecule has 1 N–H and O–H groups in total. The van der Waals surface area contributed by atoms with Crippen LogP contribution in [0, 0.1) is 0 Å². The molecule has 0 radical (unpaired) electrons. The first-order chi connectivity index (χ1) is 9.18. The van der Waals surface area contributed by atoms with Gasteiger partial charge in [0.05, 0.1) is 6.33 Å². The van der Waals surface area contributed by atoms with Crippen molar-refractivity contribution in [2.24, 2.45) is 0 Å². The van der Waals surface area contributed by atoms with Crippen LogP contribution in [0.15, 0.2) is 41.6 Å². The van der Waals surface area contributed by atoms with Gasteiger partial charge in [-0.3, -0.25) is 9.59 Å². The highest BCUT2D eigenvalue weighted by atomic mass is 16.2. The predicted octanol–water partition coefficient (Wildman–Crippen LogP) is 1.36. The summed E-state index contributed by atoms with van der Waals surface area (Å²) in [7, 11) is 0. The number of carbonyl (C=O) groups is 1. The van der Waals surface area contributed by atoms with E-state index in [9.17, 15) is 9.59 Å². The smallest absolute Gasteiger partial charge is 0.265 e. The molecule has 19 heavy (non-hydrogen) atoms. The molecule has 1 atom stereocenters. The van der Waals surface area contributed by atoms with Gasteiger partial charge >= 0.3 is 0 Å². The number of aromatic nitrogens is 2. The molecule has 1 aliphatic rings. The van der Waals surface area contributed by atoms with Crippen LogP contribution in [-0.4, -0.2) is 21.9 Å². The Kier molecular flexibility index (Phi) is 2.67. The van der Waals surface area contributed by atoms with Crippen molar-refractivity contribution in [3.8, 4) is 0 Å². The number of hydrogen-bond acceptors (Lipinski definition) is 3. The van der Waals surface area contributed by atoms with Gasteiger partial charge < -0.3 is 9.88 Å². The van der Waals surface area contributed by atoms with Crippen molar-refractivity contribution in [1.82, 2.24) is 9.97 Å². The van der Waals surface area contributed by atoms with E-state index in [1.54, 1.807) is 4.90 Å². The molecular formula is C14H13N3O2. The molecule has 0 aliphatic carbocycles. The molecule has 0 spiro atoms. The van der Waals surface area contributed by atoms with Crippen LogP contribution in [0.3, 0.4) is 0 Å². The topological polar surface area (TPSA) is 66.1 Å². The Balaban J connectivity index is 2.06. The molecule has 1 unspecified atom stereocenters. The van der Waals surface area contributed by atoms with Crippen molar-refractivity contribution in [3.05, 3.63) is 58.3 Å². The van der Waals surface area contributed by atoms with Gasteiger partial charge in [-0.2, -0.15) is 0 Å². The molecule has 0 fully saturated rings. The zero-order chi connectivity index (χ0) is 13.4. The fourth-order valence-electron chi connectivity index (χ4n) is 2.50. The number of rotatable bonds is 1. The molecule has 96 valence electrons. The molecule has 0 saturated heterocycles. The van der Waals surface area contributed by atoms with Crippen molar-refractivity contribution >= 4 is 11.6 Å². The first kappa shape index (κ1) is 11.6. The van der Waals surface area contributed by atoms with Crippen LogP contribution in [-0.2, 0) is 6.42 Å². The normalized spacial score (nSPS) is 17.3. The summed E-state index contributed by atoms with van der Waals surface area (Å²) in [6.45, 7) is 1.97. The number of anilines is 1. The van der Waals surface area contributed by atoms with E-state index in [1.807, 2.05) is 31.2 Å². The van der Waals surface area contributed by atoms with E-state index < -0.39 is 5.56 Å². The Labute approximate surface area is 109 Å². The highest BCUT2D eigenvalue weighted by Gasteiger charge is 2.32. The lowest BCUT2D eigenvalue weighted by Crippen LogP contribution is -2.38. The minimum Gasteiger partial charge on any atom is -0.312 e. The molecule has 0 saturated carbocycles. The van der Waals surface area contributed by atoms with Crippen molar-refractivity contribution in [1.29, 1.82) is 0 Å². The molecule has 5 nitrogen and oxygen atoms in total. The van der Waals surface area contributed by atoms with E-state index in [0.717, 1.165) is 17.7 Å². The van der Waals surface area contributed by atoms with Gasteiger partial charge in [0.15, 0.2) is 0 Å². The van der Waals surface area contributed by atoms with Gasteiger partial charge in [-0.15, -0.1) is 0 Å². The van der Waals surface area contributed by atoms with Gasteiger partial charge in [0.2, 0.25) is 0 Å². The van der Waals surface area contributed by atoms with Crippen LogP contribution in [0.1, 0.15) is 22.8 Å². The monoisotopic (exact) mass is 255 g/mol. The average molecular weight is 255 g/mol. The van der Waals surface area contributed by atoms with Crippen molar-refractivity contribution in [3.63, 3.8) is 0 Å². The Morgan fingerprint density at radius 3 is 3.00 bits per heavy atom. The van der Waals surface area contributed by atoms with Crippen LogP contribution in [0.2, 0.25) is 0 Å². The number of carbonyl (C=O) groups excluding carboxylic acids is 1. The first-order valence-electron chi connectivity index (χ1n) is 6.12. The second-order valence-corrected chi connectivity index (χ2v) is 4.65. The molecule has 2 aromatic rings. The summed E-state index contributed by atoms with van der Waals surface area (Å²) in [4.78, 5) is 32.1. The zero-order valence-electron chi connectivity index (χ0n) is 10.5.